The number of rotatable bonds is 1. The molecule has 0 bridgehead atoms. The second-order valence-corrected chi connectivity index (χ2v) is 5.52. The SMILES string of the molecule is O=C1Nc2ccccc2C12CCNC2c1ccccc1. The fourth-order valence-electron chi connectivity index (χ4n) is 3.65. The van der Waals surface area contributed by atoms with Gasteiger partial charge in [0.25, 0.3) is 0 Å². The molecule has 20 heavy (non-hydrogen) atoms. The first kappa shape index (κ1) is 11.7. The van der Waals surface area contributed by atoms with Gasteiger partial charge in [-0.15, -0.1) is 0 Å². The lowest BCUT2D eigenvalue weighted by atomic mass is 9.73. The van der Waals surface area contributed by atoms with Gasteiger partial charge in [-0.25, -0.2) is 0 Å². The molecule has 2 atom stereocenters. The van der Waals surface area contributed by atoms with Crippen LogP contribution in [-0.2, 0) is 10.2 Å². The largest absolute Gasteiger partial charge is 0.325 e. The molecule has 3 nitrogen and oxygen atoms in total. The van der Waals surface area contributed by atoms with Gasteiger partial charge in [0.05, 0.1) is 11.5 Å². The van der Waals surface area contributed by atoms with Crippen LogP contribution in [0.2, 0.25) is 0 Å². The van der Waals surface area contributed by atoms with Crippen molar-refractivity contribution >= 4 is 11.6 Å². The van der Waals surface area contributed by atoms with Crippen molar-refractivity contribution in [2.75, 3.05) is 11.9 Å². The second-order valence-electron chi connectivity index (χ2n) is 5.52. The summed E-state index contributed by atoms with van der Waals surface area (Å²) in [6.45, 7) is 0.862. The summed E-state index contributed by atoms with van der Waals surface area (Å²) in [6.07, 6.45) is 0.843. The summed E-state index contributed by atoms with van der Waals surface area (Å²) in [7, 11) is 0. The topological polar surface area (TPSA) is 41.1 Å². The number of benzene rings is 2. The molecule has 4 rings (SSSR count). The van der Waals surface area contributed by atoms with Crippen LogP contribution in [0.5, 0.6) is 0 Å². The number of hydrogen-bond donors (Lipinski definition) is 2. The Bertz CT molecular complexity index is 668. The average molecular weight is 264 g/mol. The normalized spacial score (nSPS) is 27.6. The van der Waals surface area contributed by atoms with Gasteiger partial charge in [0.15, 0.2) is 0 Å². The Hall–Kier alpha value is -2.13. The summed E-state index contributed by atoms with van der Waals surface area (Å²) in [5.74, 6) is 0.123. The number of hydrogen-bond acceptors (Lipinski definition) is 2. The third-order valence-corrected chi connectivity index (χ3v) is 4.55. The van der Waals surface area contributed by atoms with Gasteiger partial charge in [0.1, 0.15) is 0 Å². The van der Waals surface area contributed by atoms with Crippen molar-refractivity contribution in [1.29, 1.82) is 0 Å². The molecule has 0 saturated carbocycles. The Kier molecular flexibility index (Phi) is 2.44. The zero-order valence-electron chi connectivity index (χ0n) is 11.1. The monoisotopic (exact) mass is 264 g/mol. The van der Waals surface area contributed by atoms with Gasteiger partial charge in [-0.05, 0) is 30.2 Å². The van der Waals surface area contributed by atoms with Crippen molar-refractivity contribution in [1.82, 2.24) is 5.32 Å². The minimum absolute atomic E-state index is 0.0485. The van der Waals surface area contributed by atoms with Crippen LogP contribution in [0.15, 0.2) is 54.6 Å². The summed E-state index contributed by atoms with van der Waals surface area (Å²) in [4.78, 5) is 12.7. The molecule has 0 aromatic heterocycles. The van der Waals surface area contributed by atoms with E-state index in [2.05, 4.69) is 28.8 Å². The molecule has 100 valence electrons. The van der Waals surface area contributed by atoms with E-state index >= 15 is 0 Å². The number of carbonyl (C=O) groups excluding carboxylic acids is 1. The van der Waals surface area contributed by atoms with Crippen LogP contribution in [0.3, 0.4) is 0 Å². The molecule has 0 radical (unpaired) electrons. The molecule has 0 aliphatic carbocycles. The summed E-state index contributed by atoms with van der Waals surface area (Å²) in [5, 5.41) is 6.57. The van der Waals surface area contributed by atoms with Crippen molar-refractivity contribution in [3.05, 3.63) is 65.7 Å². The zero-order chi connectivity index (χ0) is 13.6. The van der Waals surface area contributed by atoms with Crippen molar-refractivity contribution in [3.63, 3.8) is 0 Å². The Morgan fingerprint density at radius 3 is 2.60 bits per heavy atom. The summed E-state index contributed by atoms with van der Waals surface area (Å²) in [5.41, 5.74) is 2.81. The molecular weight excluding hydrogens is 248 g/mol. The number of amides is 1. The highest BCUT2D eigenvalue weighted by molar-refractivity contribution is 6.07. The van der Waals surface area contributed by atoms with Crippen LogP contribution < -0.4 is 10.6 Å². The second kappa shape index (κ2) is 4.18. The molecule has 3 heteroatoms. The molecule has 1 amide bonds. The minimum atomic E-state index is -0.460. The van der Waals surface area contributed by atoms with Crippen LogP contribution in [-0.4, -0.2) is 12.5 Å². The van der Waals surface area contributed by atoms with Crippen molar-refractivity contribution in [2.45, 2.75) is 17.9 Å². The maximum atomic E-state index is 12.7. The molecular formula is C17H16N2O. The van der Waals surface area contributed by atoms with Gasteiger partial charge in [-0.2, -0.15) is 0 Å². The first-order valence-corrected chi connectivity index (χ1v) is 7.02. The average Bonchev–Trinajstić information content (AvgIpc) is 3.05. The number of para-hydroxylation sites is 1. The van der Waals surface area contributed by atoms with E-state index in [0.29, 0.717) is 0 Å². The Morgan fingerprint density at radius 1 is 1.00 bits per heavy atom. The smallest absolute Gasteiger partial charge is 0.237 e. The van der Waals surface area contributed by atoms with E-state index in [9.17, 15) is 4.79 Å². The molecule has 2 aliphatic rings. The first-order valence-electron chi connectivity index (χ1n) is 7.02. The number of nitrogens with one attached hydrogen (secondary N) is 2. The molecule has 2 aliphatic heterocycles. The molecule has 1 spiro atoms. The third-order valence-electron chi connectivity index (χ3n) is 4.55. The number of fused-ring (bicyclic) bond motifs is 2. The Morgan fingerprint density at radius 2 is 1.75 bits per heavy atom. The fraction of sp³-hybridized carbons (Fsp3) is 0.235. The predicted octanol–water partition coefficient (Wildman–Crippen LogP) is 2.61. The lowest BCUT2D eigenvalue weighted by molar-refractivity contribution is -0.121. The highest BCUT2D eigenvalue weighted by atomic mass is 16.2. The van der Waals surface area contributed by atoms with Crippen molar-refractivity contribution in [2.24, 2.45) is 0 Å². The van der Waals surface area contributed by atoms with E-state index in [1.807, 2.05) is 36.4 Å². The summed E-state index contributed by atoms with van der Waals surface area (Å²) in [6, 6.07) is 18.4. The maximum absolute atomic E-state index is 12.7. The molecule has 2 aromatic carbocycles. The fourth-order valence-corrected chi connectivity index (χ4v) is 3.65. The van der Waals surface area contributed by atoms with Crippen LogP contribution in [0.4, 0.5) is 5.69 Å². The molecule has 2 N–H and O–H groups in total. The van der Waals surface area contributed by atoms with E-state index in [-0.39, 0.29) is 11.9 Å². The van der Waals surface area contributed by atoms with E-state index in [4.69, 9.17) is 0 Å². The lowest BCUT2D eigenvalue weighted by Crippen LogP contribution is -2.39. The predicted molar refractivity (Wildman–Crippen MR) is 78.6 cm³/mol. The minimum Gasteiger partial charge on any atom is -0.325 e. The van der Waals surface area contributed by atoms with Gasteiger partial charge in [-0.1, -0.05) is 48.5 Å². The van der Waals surface area contributed by atoms with Gasteiger partial charge in [0.2, 0.25) is 5.91 Å². The highest BCUT2D eigenvalue weighted by Crippen LogP contribution is 2.50. The van der Waals surface area contributed by atoms with Crippen molar-refractivity contribution in [3.8, 4) is 0 Å². The first-order chi connectivity index (χ1) is 9.82. The van der Waals surface area contributed by atoms with E-state index in [1.54, 1.807) is 0 Å². The molecule has 1 saturated heterocycles. The van der Waals surface area contributed by atoms with Crippen LogP contribution in [0, 0.1) is 0 Å². The van der Waals surface area contributed by atoms with Crippen molar-refractivity contribution < 1.29 is 4.79 Å². The van der Waals surface area contributed by atoms with Gasteiger partial charge in [-0.3, -0.25) is 4.79 Å². The quantitative estimate of drug-likeness (QED) is 0.831. The van der Waals surface area contributed by atoms with Crippen LogP contribution in [0.1, 0.15) is 23.6 Å². The van der Waals surface area contributed by atoms with Gasteiger partial charge >= 0.3 is 0 Å². The van der Waals surface area contributed by atoms with Gasteiger partial charge < -0.3 is 10.6 Å². The van der Waals surface area contributed by atoms with Crippen LogP contribution >= 0.6 is 0 Å². The summed E-state index contributed by atoms with van der Waals surface area (Å²) >= 11 is 0. The third kappa shape index (κ3) is 1.41. The Labute approximate surface area is 118 Å². The molecule has 2 heterocycles. The van der Waals surface area contributed by atoms with E-state index in [1.165, 1.54) is 5.56 Å². The lowest BCUT2D eigenvalue weighted by Gasteiger charge is -2.29. The standard InChI is InChI=1S/C17H16N2O/c20-16-17(13-8-4-5-9-14(13)19-16)10-11-18-15(17)12-6-2-1-3-7-12/h1-9,15,18H,10-11H2,(H,19,20). The number of carbonyl (C=O) groups is 1. The molecule has 2 unspecified atom stereocenters. The Balaban J connectivity index is 1.89. The summed E-state index contributed by atoms with van der Waals surface area (Å²) < 4.78 is 0. The van der Waals surface area contributed by atoms with E-state index < -0.39 is 5.41 Å². The maximum Gasteiger partial charge on any atom is 0.237 e. The van der Waals surface area contributed by atoms with Gasteiger partial charge in [0, 0.05) is 5.69 Å². The van der Waals surface area contributed by atoms with Crippen LogP contribution in [0.25, 0.3) is 0 Å². The zero-order valence-corrected chi connectivity index (χ0v) is 11.1. The molecule has 1 fully saturated rings. The van der Waals surface area contributed by atoms with E-state index in [0.717, 1.165) is 24.2 Å². The highest BCUT2D eigenvalue weighted by Gasteiger charge is 2.55. The molecule has 2 aromatic rings. The number of anilines is 1.